The van der Waals surface area contributed by atoms with Crippen LogP contribution in [-0.2, 0) is 6.42 Å². The molecule has 0 spiro atoms. The van der Waals surface area contributed by atoms with Gasteiger partial charge in [-0.3, -0.25) is 0 Å². The first-order valence-corrected chi connectivity index (χ1v) is 9.41. The number of rotatable bonds is 10. The van der Waals surface area contributed by atoms with Gasteiger partial charge in [-0.05, 0) is 56.2 Å². The second-order valence-electron chi connectivity index (χ2n) is 6.55. The molecule has 0 unspecified atom stereocenters. The summed E-state index contributed by atoms with van der Waals surface area (Å²) in [7, 11) is 0. The minimum Gasteiger partial charge on any atom is -0.493 e. The first-order chi connectivity index (χ1) is 12.7. The SMILES string of the molecule is Cc1cccc(C)c1OCCCNC(=O)NCCCCc1ccccc1. The zero-order chi connectivity index (χ0) is 18.6. The van der Waals surface area contributed by atoms with Gasteiger partial charge in [-0.15, -0.1) is 0 Å². The molecule has 0 aromatic heterocycles. The first kappa shape index (κ1) is 19.8. The molecule has 0 aliphatic heterocycles. The number of nitrogens with one attached hydrogen (secondary N) is 2. The molecular weight excluding hydrogens is 324 g/mol. The number of carbonyl (C=O) groups is 1. The van der Waals surface area contributed by atoms with Gasteiger partial charge >= 0.3 is 6.03 Å². The molecule has 2 N–H and O–H groups in total. The standard InChI is InChI=1S/C22H30N2O2/c1-18-10-8-11-19(2)21(18)26-17-9-16-24-22(25)23-15-7-6-14-20-12-4-3-5-13-20/h3-5,8,10-13H,6-7,9,14-17H2,1-2H3,(H2,23,24,25). The van der Waals surface area contributed by atoms with Gasteiger partial charge in [-0.25, -0.2) is 4.79 Å². The summed E-state index contributed by atoms with van der Waals surface area (Å²) in [5.41, 5.74) is 3.64. The van der Waals surface area contributed by atoms with Gasteiger partial charge in [-0.1, -0.05) is 48.5 Å². The molecule has 0 fully saturated rings. The number of carbonyl (C=O) groups excluding carboxylic acids is 1. The van der Waals surface area contributed by atoms with Crippen LogP contribution in [0.1, 0.15) is 36.0 Å². The van der Waals surface area contributed by atoms with Crippen LogP contribution in [-0.4, -0.2) is 25.7 Å². The van der Waals surface area contributed by atoms with Crippen molar-refractivity contribution in [2.75, 3.05) is 19.7 Å². The molecule has 0 aliphatic rings. The topological polar surface area (TPSA) is 50.4 Å². The van der Waals surface area contributed by atoms with Crippen molar-refractivity contribution >= 4 is 6.03 Å². The van der Waals surface area contributed by atoms with Gasteiger partial charge in [0.25, 0.3) is 0 Å². The third kappa shape index (κ3) is 7.18. The second-order valence-corrected chi connectivity index (χ2v) is 6.55. The molecule has 4 nitrogen and oxygen atoms in total. The largest absolute Gasteiger partial charge is 0.493 e. The number of ether oxygens (including phenoxy) is 1. The van der Waals surface area contributed by atoms with Crippen molar-refractivity contribution in [2.45, 2.75) is 39.5 Å². The van der Waals surface area contributed by atoms with E-state index in [1.54, 1.807) is 0 Å². The maximum Gasteiger partial charge on any atom is 0.314 e. The summed E-state index contributed by atoms with van der Waals surface area (Å²) in [6.45, 7) is 6.01. The normalized spacial score (nSPS) is 10.4. The average Bonchev–Trinajstić information content (AvgIpc) is 2.64. The molecule has 0 heterocycles. The molecule has 0 radical (unpaired) electrons. The fourth-order valence-electron chi connectivity index (χ4n) is 2.84. The van der Waals surface area contributed by atoms with Gasteiger partial charge in [-0.2, -0.15) is 0 Å². The lowest BCUT2D eigenvalue weighted by molar-refractivity contribution is 0.239. The Bertz CT molecular complexity index is 651. The number of unbranched alkanes of at least 4 members (excludes halogenated alkanes) is 1. The number of amides is 2. The van der Waals surface area contributed by atoms with Gasteiger partial charge in [0.15, 0.2) is 0 Å². The highest BCUT2D eigenvalue weighted by Gasteiger charge is 2.03. The number of aryl methyl sites for hydroxylation is 3. The van der Waals surface area contributed by atoms with Gasteiger partial charge in [0, 0.05) is 13.1 Å². The fourth-order valence-corrected chi connectivity index (χ4v) is 2.84. The number of hydrogen-bond acceptors (Lipinski definition) is 2. The Hall–Kier alpha value is -2.49. The van der Waals surface area contributed by atoms with E-state index in [0.717, 1.165) is 42.6 Å². The van der Waals surface area contributed by atoms with Crippen molar-refractivity contribution < 1.29 is 9.53 Å². The highest BCUT2D eigenvalue weighted by Crippen LogP contribution is 2.22. The van der Waals surface area contributed by atoms with Gasteiger partial charge in [0.2, 0.25) is 0 Å². The zero-order valence-corrected chi connectivity index (χ0v) is 15.9. The minimum atomic E-state index is -0.100. The van der Waals surface area contributed by atoms with E-state index >= 15 is 0 Å². The van der Waals surface area contributed by atoms with Crippen molar-refractivity contribution in [3.05, 3.63) is 65.2 Å². The van der Waals surface area contributed by atoms with E-state index in [1.807, 2.05) is 38.1 Å². The van der Waals surface area contributed by atoms with Crippen LogP contribution in [0.5, 0.6) is 5.75 Å². The molecule has 4 heteroatoms. The molecule has 0 atom stereocenters. The summed E-state index contributed by atoms with van der Waals surface area (Å²) in [6.07, 6.45) is 3.90. The van der Waals surface area contributed by atoms with Crippen LogP contribution < -0.4 is 15.4 Å². The summed E-state index contributed by atoms with van der Waals surface area (Å²) in [6, 6.07) is 16.5. The van der Waals surface area contributed by atoms with Crippen molar-refractivity contribution in [1.29, 1.82) is 0 Å². The summed E-state index contributed by atoms with van der Waals surface area (Å²) in [4.78, 5) is 11.8. The Morgan fingerprint density at radius 2 is 1.50 bits per heavy atom. The van der Waals surface area contributed by atoms with Crippen molar-refractivity contribution in [3.8, 4) is 5.75 Å². The van der Waals surface area contributed by atoms with Crippen molar-refractivity contribution in [1.82, 2.24) is 10.6 Å². The molecular formula is C22H30N2O2. The van der Waals surface area contributed by atoms with E-state index in [1.165, 1.54) is 5.56 Å². The van der Waals surface area contributed by atoms with Gasteiger partial charge in [0.05, 0.1) is 6.61 Å². The van der Waals surface area contributed by atoms with Crippen LogP contribution >= 0.6 is 0 Å². The lowest BCUT2D eigenvalue weighted by Gasteiger charge is -2.12. The molecule has 2 aromatic carbocycles. The Labute approximate surface area is 157 Å². The van der Waals surface area contributed by atoms with E-state index in [4.69, 9.17) is 4.74 Å². The number of para-hydroxylation sites is 1. The lowest BCUT2D eigenvalue weighted by atomic mass is 10.1. The van der Waals surface area contributed by atoms with Gasteiger partial charge in [0.1, 0.15) is 5.75 Å². The van der Waals surface area contributed by atoms with Gasteiger partial charge < -0.3 is 15.4 Å². The second kappa shape index (κ2) is 11.2. The molecule has 140 valence electrons. The van der Waals surface area contributed by atoms with Crippen molar-refractivity contribution in [2.24, 2.45) is 0 Å². The molecule has 2 rings (SSSR count). The van der Waals surface area contributed by atoms with Crippen LogP contribution in [0.25, 0.3) is 0 Å². The number of urea groups is 1. The van der Waals surface area contributed by atoms with E-state index in [0.29, 0.717) is 19.7 Å². The summed E-state index contributed by atoms with van der Waals surface area (Å²) in [5, 5.41) is 5.78. The highest BCUT2D eigenvalue weighted by molar-refractivity contribution is 5.73. The predicted molar refractivity (Wildman–Crippen MR) is 107 cm³/mol. The van der Waals surface area contributed by atoms with E-state index < -0.39 is 0 Å². The quantitative estimate of drug-likeness (QED) is 0.622. The molecule has 2 aromatic rings. The third-order valence-electron chi connectivity index (χ3n) is 4.28. The maximum atomic E-state index is 11.8. The predicted octanol–water partition coefficient (Wildman–Crippen LogP) is 4.39. The number of hydrogen-bond donors (Lipinski definition) is 2. The Kier molecular flexibility index (Phi) is 8.53. The minimum absolute atomic E-state index is 0.100. The molecule has 0 saturated heterocycles. The third-order valence-corrected chi connectivity index (χ3v) is 4.28. The zero-order valence-electron chi connectivity index (χ0n) is 15.9. The van der Waals surface area contributed by atoms with E-state index in [2.05, 4.69) is 34.9 Å². The maximum absolute atomic E-state index is 11.8. The Balaban J connectivity index is 1.49. The molecule has 0 saturated carbocycles. The van der Waals surface area contributed by atoms with Crippen LogP contribution in [0.3, 0.4) is 0 Å². The van der Waals surface area contributed by atoms with Crippen LogP contribution in [0.2, 0.25) is 0 Å². The van der Waals surface area contributed by atoms with Crippen molar-refractivity contribution in [3.63, 3.8) is 0 Å². The molecule has 2 amide bonds. The summed E-state index contributed by atoms with van der Waals surface area (Å²) >= 11 is 0. The monoisotopic (exact) mass is 354 g/mol. The van der Waals surface area contributed by atoms with Crippen LogP contribution in [0, 0.1) is 13.8 Å². The summed E-state index contributed by atoms with van der Waals surface area (Å²) in [5.74, 6) is 0.954. The molecule has 0 aliphatic carbocycles. The highest BCUT2D eigenvalue weighted by atomic mass is 16.5. The lowest BCUT2D eigenvalue weighted by Crippen LogP contribution is -2.36. The average molecular weight is 354 g/mol. The Morgan fingerprint density at radius 3 is 2.19 bits per heavy atom. The fraction of sp³-hybridized carbons (Fsp3) is 0.409. The van der Waals surface area contributed by atoms with Crippen LogP contribution in [0.15, 0.2) is 48.5 Å². The van der Waals surface area contributed by atoms with Crippen LogP contribution in [0.4, 0.5) is 4.79 Å². The number of benzene rings is 2. The summed E-state index contributed by atoms with van der Waals surface area (Å²) < 4.78 is 5.83. The molecule has 0 bridgehead atoms. The smallest absolute Gasteiger partial charge is 0.314 e. The van der Waals surface area contributed by atoms with E-state index in [-0.39, 0.29) is 6.03 Å². The Morgan fingerprint density at radius 1 is 0.846 bits per heavy atom. The van der Waals surface area contributed by atoms with E-state index in [9.17, 15) is 4.79 Å². The first-order valence-electron chi connectivity index (χ1n) is 9.41. The molecule has 26 heavy (non-hydrogen) atoms.